The molecule has 0 fully saturated rings. The van der Waals surface area contributed by atoms with Gasteiger partial charge in [-0.1, -0.05) is 12.1 Å². The number of carbonyl (C=O) groups is 1. The number of benzene rings is 1. The molecule has 3 nitrogen and oxygen atoms in total. The number of rotatable bonds is 5. The fourth-order valence-corrected chi connectivity index (χ4v) is 3.19. The van der Waals surface area contributed by atoms with Gasteiger partial charge >= 0.3 is 0 Å². The summed E-state index contributed by atoms with van der Waals surface area (Å²) in [4.78, 5) is 17.8. The first kappa shape index (κ1) is 15.8. The number of hydrogen-bond acceptors (Lipinski definition) is 4. The van der Waals surface area contributed by atoms with E-state index in [-0.39, 0.29) is 5.91 Å². The first-order valence-electron chi connectivity index (χ1n) is 7.16. The van der Waals surface area contributed by atoms with Gasteiger partial charge in [0.05, 0.1) is 11.3 Å². The lowest BCUT2D eigenvalue weighted by atomic mass is 10.2. The molecule has 2 heterocycles. The molecule has 0 bridgehead atoms. The van der Waals surface area contributed by atoms with Crippen LogP contribution in [-0.2, 0) is 6.54 Å². The van der Waals surface area contributed by atoms with Gasteiger partial charge in [0.15, 0.2) is 0 Å². The maximum absolute atomic E-state index is 12.2. The van der Waals surface area contributed by atoms with Crippen molar-refractivity contribution in [1.29, 1.82) is 0 Å². The number of amides is 1. The minimum atomic E-state index is -0.108. The van der Waals surface area contributed by atoms with Crippen LogP contribution in [0.15, 0.2) is 64.3 Å². The van der Waals surface area contributed by atoms with Gasteiger partial charge in [0.25, 0.3) is 5.91 Å². The van der Waals surface area contributed by atoms with Gasteiger partial charge in [0.2, 0.25) is 0 Å². The average molecular weight is 340 g/mol. The molecular weight excluding hydrogens is 324 g/mol. The monoisotopic (exact) mass is 340 g/mol. The van der Waals surface area contributed by atoms with Crippen molar-refractivity contribution in [3.8, 4) is 11.3 Å². The van der Waals surface area contributed by atoms with Crippen LogP contribution in [0.2, 0.25) is 0 Å². The highest BCUT2D eigenvalue weighted by Gasteiger charge is 2.07. The van der Waals surface area contributed by atoms with Crippen LogP contribution >= 0.6 is 23.1 Å². The van der Waals surface area contributed by atoms with Gasteiger partial charge in [-0.05, 0) is 47.5 Å². The molecule has 0 radical (unpaired) electrons. The number of pyridine rings is 1. The summed E-state index contributed by atoms with van der Waals surface area (Å²) >= 11 is 3.34. The molecule has 1 amide bonds. The number of nitrogens with zero attached hydrogens (tertiary/aromatic N) is 1. The first-order valence-corrected chi connectivity index (χ1v) is 9.33. The second kappa shape index (κ2) is 7.44. The number of thiophene rings is 1. The molecule has 1 aromatic carbocycles. The highest BCUT2D eigenvalue weighted by Crippen LogP contribution is 2.20. The molecule has 23 heavy (non-hydrogen) atoms. The zero-order chi connectivity index (χ0) is 16.1. The summed E-state index contributed by atoms with van der Waals surface area (Å²) in [7, 11) is 0. The molecule has 2 aromatic heterocycles. The fourth-order valence-electron chi connectivity index (χ4n) is 2.14. The van der Waals surface area contributed by atoms with Crippen molar-refractivity contribution in [3.63, 3.8) is 0 Å². The Balaban J connectivity index is 1.61. The minimum Gasteiger partial charge on any atom is -0.348 e. The largest absolute Gasteiger partial charge is 0.348 e. The Bertz CT molecular complexity index is 766. The lowest BCUT2D eigenvalue weighted by Gasteiger charge is -2.06. The maximum Gasteiger partial charge on any atom is 0.253 e. The molecule has 1 N–H and O–H groups in total. The van der Waals surface area contributed by atoms with Crippen molar-refractivity contribution < 1.29 is 4.79 Å². The van der Waals surface area contributed by atoms with E-state index < -0.39 is 0 Å². The zero-order valence-electron chi connectivity index (χ0n) is 12.7. The van der Waals surface area contributed by atoms with Crippen LogP contribution in [0.4, 0.5) is 0 Å². The van der Waals surface area contributed by atoms with E-state index in [0.717, 1.165) is 16.8 Å². The third-order valence-electron chi connectivity index (χ3n) is 3.45. The Kier molecular flexibility index (Phi) is 5.10. The summed E-state index contributed by atoms with van der Waals surface area (Å²) in [6, 6.07) is 13.9. The van der Waals surface area contributed by atoms with Crippen LogP contribution in [0, 0.1) is 0 Å². The van der Waals surface area contributed by atoms with Crippen molar-refractivity contribution in [2.75, 3.05) is 6.26 Å². The smallest absolute Gasteiger partial charge is 0.253 e. The van der Waals surface area contributed by atoms with Crippen molar-refractivity contribution in [2.24, 2.45) is 0 Å². The number of hydrogen-bond donors (Lipinski definition) is 1. The predicted molar refractivity (Wildman–Crippen MR) is 96.9 cm³/mol. The van der Waals surface area contributed by atoms with E-state index in [9.17, 15) is 4.79 Å². The molecule has 0 spiro atoms. The highest BCUT2D eigenvalue weighted by atomic mass is 32.2. The van der Waals surface area contributed by atoms with E-state index in [0.29, 0.717) is 12.1 Å². The summed E-state index contributed by atoms with van der Waals surface area (Å²) in [5, 5.41) is 6.98. The van der Waals surface area contributed by atoms with Gasteiger partial charge in [-0.25, -0.2) is 0 Å². The van der Waals surface area contributed by atoms with Gasteiger partial charge in [0, 0.05) is 28.6 Å². The van der Waals surface area contributed by atoms with Gasteiger partial charge in [-0.2, -0.15) is 11.3 Å². The van der Waals surface area contributed by atoms with Crippen LogP contribution in [0.5, 0.6) is 0 Å². The van der Waals surface area contributed by atoms with E-state index in [2.05, 4.69) is 22.4 Å². The Hall–Kier alpha value is -2.11. The summed E-state index contributed by atoms with van der Waals surface area (Å²) < 4.78 is 0. The molecular formula is C18H16N2OS2. The first-order chi connectivity index (χ1) is 11.3. The molecule has 0 aliphatic carbocycles. The minimum absolute atomic E-state index is 0.108. The van der Waals surface area contributed by atoms with E-state index >= 15 is 0 Å². The number of thioether (sulfide) groups is 1. The molecule has 0 saturated carbocycles. The van der Waals surface area contributed by atoms with Crippen LogP contribution in [0.3, 0.4) is 0 Å². The third-order valence-corrected chi connectivity index (χ3v) is 4.88. The van der Waals surface area contributed by atoms with Crippen molar-refractivity contribution in [1.82, 2.24) is 10.3 Å². The lowest BCUT2D eigenvalue weighted by molar-refractivity contribution is 0.0950. The molecule has 116 valence electrons. The topological polar surface area (TPSA) is 42.0 Å². The van der Waals surface area contributed by atoms with E-state index in [1.807, 2.05) is 47.3 Å². The molecule has 3 rings (SSSR count). The molecule has 0 aliphatic heterocycles. The molecule has 5 heteroatoms. The zero-order valence-corrected chi connectivity index (χ0v) is 14.3. The van der Waals surface area contributed by atoms with Gasteiger partial charge in [-0.3, -0.25) is 9.78 Å². The number of nitrogens with one attached hydrogen (secondary N) is 1. The number of carbonyl (C=O) groups excluding carboxylic acids is 1. The quantitative estimate of drug-likeness (QED) is 0.697. The Morgan fingerprint density at radius 3 is 2.61 bits per heavy atom. The molecule has 0 unspecified atom stereocenters. The normalized spacial score (nSPS) is 10.5. The van der Waals surface area contributed by atoms with Gasteiger partial charge in [0.1, 0.15) is 0 Å². The van der Waals surface area contributed by atoms with Crippen LogP contribution in [0.25, 0.3) is 11.3 Å². The second-order valence-corrected chi connectivity index (χ2v) is 6.63. The van der Waals surface area contributed by atoms with Crippen molar-refractivity contribution in [2.45, 2.75) is 11.4 Å². The fraction of sp³-hybridized carbons (Fsp3) is 0.111. The summed E-state index contributed by atoms with van der Waals surface area (Å²) in [6.45, 7) is 0.514. The van der Waals surface area contributed by atoms with Gasteiger partial charge < -0.3 is 5.32 Å². The van der Waals surface area contributed by atoms with E-state index in [4.69, 9.17) is 0 Å². The summed E-state index contributed by atoms with van der Waals surface area (Å²) in [5.74, 6) is -0.108. The highest BCUT2D eigenvalue weighted by molar-refractivity contribution is 7.98. The van der Waals surface area contributed by atoms with E-state index in [1.54, 1.807) is 29.3 Å². The third kappa shape index (κ3) is 4.00. The SMILES string of the molecule is CSc1ccc(CNC(=O)c2ccc(-c3ccsc3)nc2)cc1. The number of aromatic nitrogens is 1. The van der Waals surface area contributed by atoms with Crippen LogP contribution in [0.1, 0.15) is 15.9 Å². The molecule has 0 aliphatic rings. The molecule has 0 atom stereocenters. The van der Waals surface area contributed by atoms with Crippen molar-refractivity contribution >= 4 is 29.0 Å². The summed E-state index contributed by atoms with van der Waals surface area (Å²) in [6.07, 6.45) is 3.67. The van der Waals surface area contributed by atoms with Crippen LogP contribution in [-0.4, -0.2) is 17.1 Å². The lowest BCUT2D eigenvalue weighted by Crippen LogP contribution is -2.22. The molecule has 0 saturated heterocycles. The predicted octanol–water partition coefficient (Wildman–Crippen LogP) is 4.46. The Labute approximate surface area is 143 Å². The van der Waals surface area contributed by atoms with Crippen molar-refractivity contribution in [3.05, 3.63) is 70.5 Å². The standard InChI is InChI=1S/C18H16N2OS2/c1-22-16-5-2-13(3-6-16)10-20-18(21)14-4-7-17(19-11-14)15-8-9-23-12-15/h2-9,11-12H,10H2,1H3,(H,20,21). The van der Waals surface area contributed by atoms with Crippen LogP contribution < -0.4 is 5.32 Å². The second-order valence-electron chi connectivity index (χ2n) is 4.97. The average Bonchev–Trinajstić information content (AvgIpc) is 3.15. The maximum atomic E-state index is 12.2. The Morgan fingerprint density at radius 1 is 1.17 bits per heavy atom. The summed E-state index contributed by atoms with van der Waals surface area (Å²) in [5.41, 5.74) is 3.62. The van der Waals surface area contributed by atoms with Gasteiger partial charge in [-0.15, -0.1) is 11.8 Å². The van der Waals surface area contributed by atoms with E-state index in [1.165, 1.54) is 4.90 Å². The molecule has 3 aromatic rings. The Morgan fingerprint density at radius 2 is 2.00 bits per heavy atom.